The Kier molecular flexibility index (Phi) is 3.76. The van der Waals surface area contributed by atoms with Gasteiger partial charge >= 0.3 is 0 Å². The molecule has 1 aromatic carbocycles. The number of nitrogens with one attached hydrogen (secondary N) is 1. The summed E-state index contributed by atoms with van der Waals surface area (Å²) in [6.07, 6.45) is 5.35. The largest absolute Gasteiger partial charge is 0.377 e. The summed E-state index contributed by atoms with van der Waals surface area (Å²) in [6, 6.07) is 7.79. The number of fused-ring (bicyclic) bond motifs is 2. The second-order valence-corrected chi connectivity index (χ2v) is 6.87. The SMILES string of the molecule is CN1C(=O)c2ccccc2N(C)c2cnc(Nc3cnn(C4COC4)c3)nc21. The average Bonchev–Trinajstić information content (AvgIpc) is 3.09. The lowest BCUT2D eigenvalue weighted by Gasteiger charge is -2.25. The van der Waals surface area contributed by atoms with Crippen LogP contribution in [0.2, 0.25) is 0 Å². The number of aromatic nitrogens is 4. The summed E-state index contributed by atoms with van der Waals surface area (Å²) in [6.45, 7) is 1.35. The minimum absolute atomic E-state index is 0.108. The maximum Gasteiger partial charge on any atom is 0.261 e. The predicted molar refractivity (Wildman–Crippen MR) is 105 cm³/mol. The summed E-state index contributed by atoms with van der Waals surface area (Å²) in [4.78, 5) is 25.5. The number of carbonyl (C=O) groups is 1. The van der Waals surface area contributed by atoms with E-state index in [0.29, 0.717) is 30.5 Å². The second-order valence-electron chi connectivity index (χ2n) is 6.87. The van der Waals surface area contributed by atoms with Crippen molar-refractivity contribution >= 4 is 34.7 Å². The smallest absolute Gasteiger partial charge is 0.261 e. The zero-order valence-corrected chi connectivity index (χ0v) is 15.5. The van der Waals surface area contributed by atoms with Crippen molar-refractivity contribution in [3.63, 3.8) is 0 Å². The van der Waals surface area contributed by atoms with Crippen molar-refractivity contribution in [2.75, 3.05) is 42.4 Å². The van der Waals surface area contributed by atoms with Crippen molar-refractivity contribution in [2.45, 2.75) is 6.04 Å². The highest BCUT2D eigenvalue weighted by Gasteiger charge is 2.29. The number of ether oxygens (including phenoxy) is 1. The lowest BCUT2D eigenvalue weighted by atomic mass is 10.1. The van der Waals surface area contributed by atoms with Crippen molar-refractivity contribution in [1.82, 2.24) is 19.7 Å². The second kappa shape index (κ2) is 6.31. The van der Waals surface area contributed by atoms with E-state index in [1.807, 2.05) is 47.1 Å². The Hall–Kier alpha value is -3.46. The fraction of sp³-hybridized carbons (Fsp3) is 0.263. The van der Waals surface area contributed by atoms with Gasteiger partial charge < -0.3 is 15.0 Å². The lowest BCUT2D eigenvalue weighted by Crippen LogP contribution is -2.30. The molecule has 3 aromatic rings. The summed E-state index contributed by atoms with van der Waals surface area (Å²) >= 11 is 0. The number of benzene rings is 1. The first kappa shape index (κ1) is 16.7. The summed E-state index contributed by atoms with van der Waals surface area (Å²) < 4.78 is 7.07. The number of carbonyl (C=O) groups excluding carboxylic acids is 1. The summed E-state index contributed by atoms with van der Waals surface area (Å²) in [5, 5.41) is 7.52. The molecule has 0 radical (unpaired) electrons. The average molecular weight is 377 g/mol. The Morgan fingerprint density at radius 1 is 1.11 bits per heavy atom. The van der Waals surface area contributed by atoms with Crippen molar-refractivity contribution in [3.05, 3.63) is 48.4 Å². The molecule has 2 aromatic heterocycles. The molecule has 0 atom stereocenters. The molecule has 5 rings (SSSR count). The Balaban J connectivity index is 1.48. The third-order valence-electron chi connectivity index (χ3n) is 5.08. The molecule has 9 nitrogen and oxygen atoms in total. The molecule has 1 N–H and O–H groups in total. The number of hydrogen-bond acceptors (Lipinski definition) is 7. The molecule has 1 amide bonds. The van der Waals surface area contributed by atoms with Crippen molar-refractivity contribution in [1.29, 1.82) is 0 Å². The minimum atomic E-state index is -0.108. The monoisotopic (exact) mass is 377 g/mol. The molecule has 0 saturated carbocycles. The number of anilines is 5. The van der Waals surface area contributed by atoms with Gasteiger partial charge in [-0.25, -0.2) is 4.98 Å². The molecule has 0 aliphatic carbocycles. The maximum absolute atomic E-state index is 12.9. The van der Waals surface area contributed by atoms with Crippen LogP contribution in [-0.4, -0.2) is 53.0 Å². The van der Waals surface area contributed by atoms with Gasteiger partial charge in [0.15, 0.2) is 5.82 Å². The highest BCUT2D eigenvalue weighted by atomic mass is 16.5. The Labute approximate surface area is 161 Å². The van der Waals surface area contributed by atoms with E-state index in [1.165, 1.54) is 0 Å². The van der Waals surface area contributed by atoms with E-state index in [0.717, 1.165) is 17.1 Å². The van der Waals surface area contributed by atoms with Gasteiger partial charge in [-0.3, -0.25) is 14.4 Å². The standard InChI is InChI=1S/C19H19N7O2/c1-24-15-6-4-3-5-14(15)18(27)25(2)17-16(24)8-20-19(23-17)22-12-7-21-26(9-12)13-10-28-11-13/h3-9,13H,10-11H2,1-2H3,(H,20,22,23). The van der Waals surface area contributed by atoms with Gasteiger partial charge in [-0.2, -0.15) is 10.1 Å². The topological polar surface area (TPSA) is 88.4 Å². The summed E-state index contributed by atoms with van der Waals surface area (Å²) in [5.74, 6) is 0.840. The first-order valence-electron chi connectivity index (χ1n) is 8.98. The van der Waals surface area contributed by atoms with Crippen molar-refractivity contribution in [3.8, 4) is 0 Å². The Bertz CT molecular complexity index is 1060. The van der Waals surface area contributed by atoms with E-state index in [4.69, 9.17) is 4.74 Å². The van der Waals surface area contributed by atoms with Crippen molar-refractivity contribution in [2.24, 2.45) is 0 Å². The number of nitrogens with zero attached hydrogens (tertiary/aromatic N) is 6. The fourth-order valence-corrected chi connectivity index (χ4v) is 3.37. The van der Waals surface area contributed by atoms with Crippen LogP contribution in [0, 0.1) is 0 Å². The number of rotatable bonds is 3. The van der Waals surface area contributed by atoms with Gasteiger partial charge in [-0.15, -0.1) is 0 Å². The molecule has 1 saturated heterocycles. The lowest BCUT2D eigenvalue weighted by molar-refractivity contribution is -0.0286. The van der Waals surface area contributed by atoms with E-state index in [2.05, 4.69) is 20.4 Å². The van der Waals surface area contributed by atoms with Gasteiger partial charge in [0, 0.05) is 20.3 Å². The Morgan fingerprint density at radius 3 is 2.71 bits per heavy atom. The van der Waals surface area contributed by atoms with E-state index < -0.39 is 0 Å². The van der Waals surface area contributed by atoms with Crippen LogP contribution in [-0.2, 0) is 4.74 Å². The molecule has 2 aliphatic rings. The summed E-state index contributed by atoms with van der Waals surface area (Å²) in [7, 11) is 3.63. The molecule has 4 heterocycles. The molecule has 2 aliphatic heterocycles. The predicted octanol–water partition coefficient (Wildman–Crippen LogP) is 2.35. The number of para-hydroxylation sites is 1. The van der Waals surface area contributed by atoms with Crippen LogP contribution in [0.15, 0.2) is 42.9 Å². The summed E-state index contributed by atoms with van der Waals surface area (Å²) in [5.41, 5.74) is 3.00. The minimum Gasteiger partial charge on any atom is -0.377 e. The highest BCUT2D eigenvalue weighted by molar-refractivity contribution is 6.12. The first-order chi connectivity index (χ1) is 13.6. The van der Waals surface area contributed by atoms with Crippen LogP contribution in [0.4, 0.5) is 28.8 Å². The molecule has 142 valence electrons. The molecular formula is C19H19N7O2. The molecule has 0 spiro atoms. The number of hydrogen-bond donors (Lipinski definition) is 1. The molecule has 0 bridgehead atoms. The molecular weight excluding hydrogens is 358 g/mol. The molecule has 0 unspecified atom stereocenters. The van der Waals surface area contributed by atoms with E-state index >= 15 is 0 Å². The van der Waals surface area contributed by atoms with Gasteiger partial charge in [0.1, 0.15) is 5.69 Å². The van der Waals surface area contributed by atoms with Crippen LogP contribution in [0.5, 0.6) is 0 Å². The van der Waals surface area contributed by atoms with Gasteiger partial charge in [0.2, 0.25) is 5.95 Å². The van der Waals surface area contributed by atoms with E-state index in [9.17, 15) is 4.79 Å². The third-order valence-corrected chi connectivity index (χ3v) is 5.08. The number of amides is 1. The van der Waals surface area contributed by atoms with Crippen molar-refractivity contribution < 1.29 is 9.53 Å². The quantitative estimate of drug-likeness (QED) is 0.749. The first-order valence-corrected chi connectivity index (χ1v) is 8.98. The van der Waals surface area contributed by atoms with Crippen LogP contribution in [0.25, 0.3) is 0 Å². The van der Waals surface area contributed by atoms with Gasteiger partial charge in [0.25, 0.3) is 5.91 Å². The van der Waals surface area contributed by atoms with Gasteiger partial charge in [-0.05, 0) is 12.1 Å². The van der Waals surface area contributed by atoms with Crippen LogP contribution in [0.1, 0.15) is 16.4 Å². The Morgan fingerprint density at radius 2 is 1.93 bits per heavy atom. The zero-order valence-electron chi connectivity index (χ0n) is 15.5. The molecule has 28 heavy (non-hydrogen) atoms. The van der Waals surface area contributed by atoms with E-state index in [1.54, 1.807) is 24.3 Å². The van der Waals surface area contributed by atoms with Gasteiger partial charge in [-0.1, -0.05) is 12.1 Å². The molecule has 9 heteroatoms. The van der Waals surface area contributed by atoms with Crippen LogP contribution >= 0.6 is 0 Å². The van der Waals surface area contributed by atoms with Crippen LogP contribution in [0.3, 0.4) is 0 Å². The maximum atomic E-state index is 12.9. The fourth-order valence-electron chi connectivity index (χ4n) is 3.37. The van der Waals surface area contributed by atoms with Gasteiger partial charge in [0.05, 0.1) is 48.6 Å². The zero-order chi connectivity index (χ0) is 19.3. The third kappa shape index (κ3) is 2.59. The van der Waals surface area contributed by atoms with E-state index in [-0.39, 0.29) is 11.9 Å². The highest BCUT2D eigenvalue weighted by Crippen LogP contribution is 2.38. The molecule has 1 fully saturated rings. The van der Waals surface area contributed by atoms with Crippen LogP contribution < -0.4 is 15.1 Å². The normalized spacial score (nSPS) is 16.3.